The normalized spacial score (nSPS) is 13.4. The molecule has 0 N–H and O–H groups in total. The van der Waals surface area contributed by atoms with Crippen molar-refractivity contribution in [3.8, 4) is 0 Å². The number of thiophene rings is 1. The van der Waals surface area contributed by atoms with Crippen molar-refractivity contribution in [2.45, 2.75) is 13.3 Å². The highest BCUT2D eigenvalue weighted by atomic mass is 35.5. The third-order valence-electron chi connectivity index (χ3n) is 1.43. The smallest absolute Gasteiger partial charge is 0.0252 e. The van der Waals surface area contributed by atoms with Gasteiger partial charge in [-0.05, 0) is 34.7 Å². The van der Waals surface area contributed by atoms with Crippen molar-refractivity contribution in [1.29, 1.82) is 0 Å². The molecule has 1 aromatic heterocycles. The van der Waals surface area contributed by atoms with E-state index in [0.717, 1.165) is 12.3 Å². The lowest BCUT2D eigenvalue weighted by Crippen LogP contribution is -1.99. The van der Waals surface area contributed by atoms with Crippen LogP contribution in [0.2, 0.25) is 0 Å². The molecule has 0 fully saturated rings. The third kappa shape index (κ3) is 2.31. The Kier molecular flexibility index (Phi) is 3.23. The molecule has 0 bridgehead atoms. The maximum Gasteiger partial charge on any atom is 0.0252 e. The van der Waals surface area contributed by atoms with E-state index in [1.807, 2.05) is 0 Å². The van der Waals surface area contributed by atoms with E-state index in [1.54, 1.807) is 11.3 Å². The molecule has 0 saturated carbocycles. The Labute approximate surface area is 70.8 Å². The summed E-state index contributed by atoms with van der Waals surface area (Å²) in [6, 6.07) is 2.16. The van der Waals surface area contributed by atoms with Gasteiger partial charge in [-0.25, -0.2) is 0 Å². The van der Waals surface area contributed by atoms with Crippen LogP contribution in [0.15, 0.2) is 16.8 Å². The summed E-state index contributed by atoms with van der Waals surface area (Å²) in [5, 5.41) is 4.29. The van der Waals surface area contributed by atoms with Crippen LogP contribution in [0.4, 0.5) is 0 Å². The molecule has 1 unspecified atom stereocenters. The van der Waals surface area contributed by atoms with Gasteiger partial charge < -0.3 is 0 Å². The molecule has 0 amide bonds. The number of halogens is 1. The van der Waals surface area contributed by atoms with Crippen LogP contribution in [0.1, 0.15) is 12.5 Å². The van der Waals surface area contributed by atoms with Gasteiger partial charge in [-0.15, -0.1) is 11.6 Å². The predicted octanol–water partition coefficient (Wildman–Crippen LogP) is 3.17. The SMILES string of the molecule is CC(CCl)Cc1ccsc1. The maximum atomic E-state index is 5.67. The second kappa shape index (κ2) is 3.99. The van der Waals surface area contributed by atoms with Crippen LogP contribution in [-0.2, 0) is 6.42 Å². The summed E-state index contributed by atoms with van der Waals surface area (Å²) in [5.41, 5.74) is 1.41. The Hall–Kier alpha value is -0.0100. The van der Waals surface area contributed by atoms with Gasteiger partial charge in [-0.2, -0.15) is 11.3 Å². The molecule has 10 heavy (non-hydrogen) atoms. The molecule has 1 aromatic rings. The number of rotatable bonds is 3. The molecule has 1 atom stereocenters. The van der Waals surface area contributed by atoms with Gasteiger partial charge in [-0.1, -0.05) is 6.92 Å². The van der Waals surface area contributed by atoms with Gasteiger partial charge in [0.1, 0.15) is 0 Å². The van der Waals surface area contributed by atoms with Gasteiger partial charge in [0.25, 0.3) is 0 Å². The van der Waals surface area contributed by atoms with Crippen LogP contribution in [0.3, 0.4) is 0 Å². The Morgan fingerprint density at radius 2 is 2.50 bits per heavy atom. The van der Waals surface area contributed by atoms with Crippen LogP contribution in [0.25, 0.3) is 0 Å². The first kappa shape index (κ1) is 8.09. The first-order chi connectivity index (χ1) is 4.83. The molecule has 0 aliphatic heterocycles. The van der Waals surface area contributed by atoms with E-state index in [2.05, 4.69) is 23.8 Å². The van der Waals surface area contributed by atoms with Crippen LogP contribution in [-0.4, -0.2) is 5.88 Å². The van der Waals surface area contributed by atoms with Crippen LogP contribution in [0, 0.1) is 5.92 Å². The van der Waals surface area contributed by atoms with Gasteiger partial charge in [0.15, 0.2) is 0 Å². The van der Waals surface area contributed by atoms with Gasteiger partial charge in [-0.3, -0.25) is 0 Å². The lowest BCUT2D eigenvalue weighted by molar-refractivity contribution is 0.656. The Morgan fingerprint density at radius 1 is 1.70 bits per heavy atom. The maximum absolute atomic E-state index is 5.67. The highest BCUT2D eigenvalue weighted by Gasteiger charge is 2.00. The van der Waals surface area contributed by atoms with Crippen molar-refractivity contribution in [3.63, 3.8) is 0 Å². The second-order valence-corrected chi connectivity index (χ2v) is 3.68. The molecule has 0 radical (unpaired) electrons. The van der Waals surface area contributed by atoms with Crippen molar-refractivity contribution in [2.24, 2.45) is 5.92 Å². The van der Waals surface area contributed by atoms with E-state index in [9.17, 15) is 0 Å². The quantitative estimate of drug-likeness (QED) is 0.618. The van der Waals surface area contributed by atoms with Gasteiger partial charge in [0.05, 0.1) is 0 Å². The van der Waals surface area contributed by atoms with Gasteiger partial charge in [0, 0.05) is 5.88 Å². The lowest BCUT2D eigenvalue weighted by Gasteiger charge is -2.03. The van der Waals surface area contributed by atoms with Crippen molar-refractivity contribution in [1.82, 2.24) is 0 Å². The number of hydrogen-bond donors (Lipinski definition) is 0. The molecule has 0 aliphatic carbocycles. The molecule has 56 valence electrons. The van der Waals surface area contributed by atoms with E-state index >= 15 is 0 Å². The summed E-state index contributed by atoms with van der Waals surface area (Å²) in [5.74, 6) is 1.37. The molecule has 2 heteroatoms. The van der Waals surface area contributed by atoms with Crippen molar-refractivity contribution in [2.75, 3.05) is 5.88 Å². The Balaban J connectivity index is 2.40. The topological polar surface area (TPSA) is 0 Å². The molecular formula is C8H11ClS. The summed E-state index contributed by atoms with van der Waals surface area (Å²) < 4.78 is 0. The molecular weight excluding hydrogens is 164 g/mol. The Bertz CT molecular complexity index is 169. The highest BCUT2D eigenvalue weighted by molar-refractivity contribution is 7.07. The summed E-state index contributed by atoms with van der Waals surface area (Å²) in [6.45, 7) is 2.17. The fourth-order valence-corrected chi connectivity index (χ4v) is 1.66. The average Bonchev–Trinajstić information content (AvgIpc) is 2.40. The minimum Gasteiger partial charge on any atom is -0.152 e. The molecule has 0 spiro atoms. The summed E-state index contributed by atoms with van der Waals surface area (Å²) in [6.07, 6.45) is 1.12. The molecule has 0 nitrogen and oxygen atoms in total. The Morgan fingerprint density at radius 3 is 3.00 bits per heavy atom. The zero-order valence-electron chi connectivity index (χ0n) is 6.01. The molecule has 0 saturated heterocycles. The first-order valence-electron chi connectivity index (χ1n) is 3.40. The fourth-order valence-electron chi connectivity index (χ4n) is 0.866. The molecule has 0 aliphatic rings. The van der Waals surface area contributed by atoms with E-state index in [4.69, 9.17) is 11.6 Å². The van der Waals surface area contributed by atoms with Crippen LogP contribution in [0.5, 0.6) is 0 Å². The molecule has 1 rings (SSSR count). The molecule has 1 heterocycles. The van der Waals surface area contributed by atoms with E-state index in [1.165, 1.54) is 5.56 Å². The summed E-state index contributed by atoms with van der Waals surface area (Å²) in [4.78, 5) is 0. The number of hydrogen-bond acceptors (Lipinski definition) is 1. The predicted molar refractivity (Wildman–Crippen MR) is 47.9 cm³/mol. The monoisotopic (exact) mass is 174 g/mol. The van der Waals surface area contributed by atoms with Gasteiger partial charge in [0.2, 0.25) is 0 Å². The fraction of sp³-hybridized carbons (Fsp3) is 0.500. The van der Waals surface area contributed by atoms with E-state index in [0.29, 0.717) is 5.92 Å². The van der Waals surface area contributed by atoms with Gasteiger partial charge >= 0.3 is 0 Å². The zero-order chi connectivity index (χ0) is 7.40. The lowest BCUT2D eigenvalue weighted by atomic mass is 10.1. The minimum atomic E-state index is 0.608. The van der Waals surface area contributed by atoms with Crippen LogP contribution >= 0.6 is 22.9 Å². The third-order valence-corrected chi connectivity index (χ3v) is 2.69. The zero-order valence-corrected chi connectivity index (χ0v) is 7.58. The second-order valence-electron chi connectivity index (χ2n) is 2.60. The van der Waals surface area contributed by atoms with Crippen molar-refractivity contribution in [3.05, 3.63) is 22.4 Å². The minimum absolute atomic E-state index is 0.608. The first-order valence-corrected chi connectivity index (χ1v) is 4.87. The highest BCUT2D eigenvalue weighted by Crippen LogP contribution is 2.12. The largest absolute Gasteiger partial charge is 0.152 e. The van der Waals surface area contributed by atoms with Crippen molar-refractivity contribution < 1.29 is 0 Å². The standard InChI is InChI=1S/C8H11ClS/c1-7(5-9)4-8-2-3-10-6-8/h2-3,6-7H,4-5H2,1H3. The van der Waals surface area contributed by atoms with E-state index < -0.39 is 0 Å². The average molecular weight is 175 g/mol. The van der Waals surface area contributed by atoms with Crippen LogP contribution < -0.4 is 0 Å². The van der Waals surface area contributed by atoms with E-state index in [-0.39, 0.29) is 0 Å². The summed E-state index contributed by atoms with van der Waals surface area (Å²) >= 11 is 7.42. The molecule has 0 aromatic carbocycles. The summed E-state index contributed by atoms with van der Waals surface area (Å²) in [7, 11) is 0. The van der Waals surface area contributed by atoms with Crippen molar-refractivity contribution >= 4 is 22.9 Å². The number of alkyl halides is 1.